The lowest BCUT2D eigenvalue weighted by Crippen LogP contribution is -2.29. The lowest BCUT2D eigenvalue weighted by atomic mass is 10.2. The predicted molar refractivity (Wildman–Crippen MR) is 102 cm³/mol. The Balaban J connectivity index is 1.59. The molecule has 29 heavy (non-hydrogen) atoms. The maximum absolute atomic E-state index is 12.8. The van der Waals surface area contributed by atoms with Crippen LogP contribution < -0.4 is 9.46 Å². The third kappa shape index (κ3) is 5.44. The van der Waals surface area contributed by atoms with Crippen molar-refractivity contribution in [1.82, 2.24) is 14.9 Å². The predicted octanol–water partition coefficient (Wildman–Crippen LogP) is 4.23. The van der Waals surface area contributed by atoms with Crippen LogP contribution in [0.1, 0.15) is 5.56 Å². The van der Waals surface area contributed by atoms with Crippen molar-refractivity contribution in [3.8, 4) is 16.5 Å². The first kappa shape index (κ1) is 21.5. The molecule has 6 nitrogen and oxygen atoms in total. The van der Waals surface area contributed by atoms with Crippen molar-refractivity contribution in [3.63, 3.8) is 0 Å². The third-order valence-corrected chi connectivity index (χ3v) is 6.44. The summed E-state index contributed by atoms with van der Waals surface area (Å²) < 4.78 is 70.4. The van der Waals surface area contributed by atoms with Crippen LogP contribution in [0.4, 0.5) is 13.2 Å². The van der Waals surface area contributed by atoms with Crippen LogP contribution in [0.15, 0.2) is 52.7 Å². The average Bonchev–Trinajstić information content (AvgIpc) is 3.20. The normalized spacial score (nSPS) is 12.1. The summed E-state index contributed by atoms with van der Waals surface area (Å²) in [6.45, 7) is -0.313. The second-order valence-corrected chi connectivity index (χ2v) is 8.71. The molecular formula is C17H13ClF3N3O3S2. The lowest BCUT2D eigenvalue weighted by molar-refractivity contribution is -0.137. The summed E-state index contributed by atoms with van der Waals surface area (Å²) in [5.41, 5.74) is -0.438. The van der Waals surface area contributed by atoms with Gasteiger partial charge in [-0.05, 0) is 35.7 Å². The Labute approximate surface area is 173 Å². The number of alkyl halides is 3. The molecule has 154 valence electrons. The summed E-state index contributed by atoms with van der Waals surface area (Å²) in [5.74, 6) is 0.182. The van der Waals surface area contributed by atoms with Crippen molar-refractivity contribution in [2.24, 2.45) is 0 Å². The SMILES string of the molecule is O=S(=O)(NCCOc1ccc(-c2cccs2)nn1)c1cc(C(F)(F)F)ccc1Cl. The Kier molecular flexibility index (Phi) is 6.42. The molecule has 2 heterocycles. The van der Waals surface area contributed by atoms with E-state index in [0.717, 1.165) is 10.9 Å². The molecule has 0 fully saturated rings. The van der Waals surface area contributed by atoms with Crippen LogP contribution in [0.2, 0.25) is 5.02 Å². The first-order chi connectivity index (χ1) is 13.7. The van der Waals surface area contributed by atoms with Gasteiger partial charge in [0.1, 0.15) is 17.2 Å². The van der Waals surface area contributed by atoms with Gasteiger partial charge in [0.15, 0.2) is 0 Å². The van der Waals surface area contributed by atoms with Gasteiger partial charge in [-0.3, -0.25) is 0 Å². The average molecular weight is 464 g/mol. The molecular weight excluding hydrogens is 451 g/mol. The summed E-state index contributed by atoms with van der Waals surface area (Å²) in [4.78, 5) is 0.281. The van der Waals surface area contributed by atoms with E-state index >= 15 is 0 Å². The fourth-order valence-corrected chi connectivity index (χ4v) is 4.47. The highest BCUT2D eigenvalue weighted by Crippen LogP contribution is 2.33. The summed E-state index contributed by atoms with van der Waals surface area (Å²) in [6.07, 6.45) is -4.69. The summed E-state index contributed by atoms with van der Waals surface area (Å²) in [7, 11) is -4.26. The Bertz CT molecular complexity index is 1070. The molecule has 0 saturated heterocycles. The molecule has 0 amide bonds. The zero-order valence-electron chi connectivity index (χ0n) is 14.5. The number of sulfonamides is 1. The molecule has 1 aromatic carbocycles. The highest BCUT2D eigenvalue weighted by molar-refractivity contribution is 7.89. The van der Waals surface area contributed by atoms with Crippen LogP contribution in [-0.4, -0.2) is 31.8 Å². The van der Waals surface area contributed by atoms with Crippen molar-refractivity contribution in [1.29, 1.82) is 0 Å². The molecule has 0 saturated carbocycles. The first-order valence-corrected chi connectivity index (χ1v) is 10.8. The van der Waals surface area contributed by atoms with Crippen molar-refractivity contribution in [3.05, 3.63) is 58.4 Å². The van der Waals surface area contributed by atoms with Gasteiger partial charge in [0.2, 0.25) is 15.9 Å². The molecule has 0 radical (unpaired) electrons. The summed E-state index contributed by atoms with van der Waals surface area (Å²) in [6, 6.07) is 9.15. The molecule has 3 aromatic rings. The standard InChI is InChI=1S/C17H13ClF3N3O3S2/c18-12-4-3-11(17(19,20)21)10-15(12)29(25,26)22-7-8-27-16-6-5-13(23-24-16)14-2-1-9-28-14/h1-6,9-10,22H,7-8H2. The minimum Gasteiger partial charge on any atom is -0.475 e. The Hall–Kier alpha value is -2.21. The van der Waals surface area contributed by atoms with Gasteiger partial charge in [-0.15, -0.1) is 21.5 Å². The van der Waals surface area contributed by atoms with Crippen molar-refractivity contribution >= 4 is 33.0 Å². The Morgan fingerprint density at radius 3 is 2.55 bits per heavy atom. The number of benzene rings is 1. The fraction of sp³-hybridized carbons (Fsp3) is 0.176. The van der Waals surface area contributed by atoms with Crippen LogP contribution in [0.25, 0.3) is 10.6 Å². The minimum atomic E-state index is -4.69. The van der Waals surface area contributed by atoms with Crippen LogP contribution in [0.5, 0.6) is 5.88 Å². The molecule has 0 atom stereocenters. The van der Waals surface area contributed by atoms with Gasteiger partial charge in [0, 0.05) is 12.6 Å². The van der Waals surface area contributed by atoms with Crippen molar-refractivity contribution < 1.29 is 26.3 Å². The van der Waals surface area contributed by atoms with Gasteiger partial charge in [0.25, 0.3) is 0 Å². The second kappa shape index (κ2) is 8.66. The molecule has 0 aliphatic rings. The van der Waals surface area contributed by atoms with E-state index in [1.54, 1.807) is 12.1 Å². The van der Waals surface area contributed by atoms with E-state index in [2.05, 4.69) is 14.9 Å². The molecule has 1 N–H and O–H groups in total. The van der Waals surface area contributed by atoms with E-state index in [0.29, 0.717) is 17.8 Å². The first-order valence-electron chi connectivity index (χ1n) is 8.03. The van der Waals surface area contributed by atoms with Crippen LogP contribution >= 0.6 is 22.9 Å². The number of nitrogens with one attached hydrogen (secondary N) is 1. The zero-order valence-corrected chi connectivity index (χ0v) is 16.9. The smallest absolute Gasteiger partial charge is 0.416 e. The van der Waals surface area contributed by atoms with E-state index < -0.39 is 26.7 Å². The van der Waals surface area contributed by atoms with Crippen molar-refractivity contribution in [2.75, 3.05) is 13.2 Å². The largest absolute Gasteiger partial charge is 0.475 e. The van der Waals surface area contributed by atoms with E-state index in [1.165, 1.54) is 11.3 Å². The number of rotatable bonds is 7. The van der Waals surface area contributed by atoms with Gasteiger partial charge in [-0.2, -0.15) is 13.2 Å². The van der Waals surface area contributed by atoms with E-state index in [1.807, 2.05) is 17.5 Å². The van der Waals surface area contributed by atoms with E-state index in [4.69, 9.17) is 16.3 Å². The van der Waals surface area contributed by atoms with Crippen LogP contribution in [0, 0.1) is 0 Å². The molecule has 2 aromatic heterocycles. The van der Waals surface area contributed by atoms with E-state index in [-0.39, 0.29) is 24.1 Å². The number of ether oxygens (including phenoxy) is 1. The number of thiophene rings is 1. The topological polar surface area (TPSA) is 81.2 Å². The van der Waals surface area contributed by atoms with Gasteiger partial charge in [-0.1, -0.05) is 17.7 Å². The van der Waals surface area contributed by atoms with Gasteiger partial charge in [-0.25, -0.2) is 13.1 Å². The molecule has 0 bridgehead atoms. The quantitative estimate of drug-likeness (QED) is 0.530. The highest BCUT2D eigenvalue weighted by atomic mass is 35.5. The molecule has 0 aliphatic carbocycles. The van der Waals surface area contributed by atoms with Gasteiger partial charge >= 0.3 is 6.18 Å². The maximum atomic E-state index is 12.8. The Morgan fingerprint density at radius 1 is 1.14 bits per heavy atom. The zero-order chi connectivity index (χ0) is 21.1. The van der Waals surface area contributed by atoms with E-state index in [9.17, 15) is 21.6 Å². The summed E-state index contributed by atoms with van der Waals surface area (Å²) in [5, 5.41) is 9.49. The highest BCUT2D eigenvalue weighted by Gasteiger charge is 2.32. The fourth-order valence-electron chi connectivity index (χ4n) is 2.25. The number of nitrogens with zero attached hydrogens (tertiary/aromatic N) is 2. The number of halogens is 4. The van der Waals surface area contributed by atoms with Crippen LogP contribution in [0.3, 0.4) is 0 Å². The molecule has 0 spiro atoms. The van der Waals surface area contributed by atoms with Crippen LogP contribution in [-0.2, 0) is 16.2 Å². The third-order valence-electron chi connectivity index (χ3n) is 3.61. The monoisotopic (exact) mass is 463 g/mol. The minimum absolute atomic E-state index is 0.108. The maximum Gasteiger partial charge on any atom is 0.416 e. The van der Waals surface area contributed by atoms with Crippen molar-refractivity contribution in [2.45, 2.75) is 11.1 Å². The van der Waals surface area contributed by atoms with Gasteiger partial charge in [0.05, 0.1) is 15.5 Å². The molecule has 0 aliphatic heterocycles. The lowest BCUT2D eigenvalue weighted by Gasteiger charge is -2.12. The number of hydrogen-bond acceptors (Lipinski definition) is 6. The van der Waals surface area contributed by atoms with Gasteiger partial charge < -0.3 is 4.74 Å². The molecule has 0 unspecified atom stereocenters. The number of aromatic nitrogens is 2. The number of hydrogen-bond donors (Lipinski definition) is 1. The second-order valence-electron chi connectivity index (χ2n) is 5.62. The molecule has 3 rings (SSSR count). The Morgan fingerprint density at radius 2 is 1.93 bits per heavy atom. The summed E-state index contributed by atoms with van der Waals surface area (Å²) >= 11 is 7.27. The molecule has 12 heteroatoms.